The van der Waals surface area contributed by atoms with Gasteiger partial charge in [0.15, 0.2) is 0 Å². The van der Waals surface area contributed by atoms with Crippen molar-refractivity contribution in [3.63, 3.8) is 0 Å². The van der Waals surface area contributed by atoms with E-state index in [-0.39, 0.29) is 5.91 Å². The van der Waals surface area contributed by atoms with Gasteiger partial charge in [0.05, 0.1) is 27.4 Å². The van der Waals surface area contributed by atoms with E-state index in [2.05, 4.69) is 10.2 Å². The van der Waals surface area contributed by atoms with Crippen LogP contribution in [0.4, 0.5) is 0 Å². The lowest BCUT2D eigenvalue weighted by Gasteiger charge is -2.26. The van der Waals surface area contributed by atoms with Crippen LogP contribution in [0.15, 0.2) is 18.2 Å². The molecule has 128 valence electrons. The topological polar surface area (TPSA) is 60.0 Å². The number of hydrogen-bond donors (Lipinski definition) is 1. The van der Waals surface area contributed by atoms with Gasteiger partial charge >= 0.3 is 0 Å². The maximum atomic E-state index is 12.0. The van der Waals surface area contributed by atoms with Gasteiger partial charge in [0.1, 0.15) is 11.5 Å². The van der Waals surface area contributed by atoms with Crippen LogP contribution in [0, 0.1) is 0 Å². The van der Waals surface area contributed by atoms with E-state index < -0.39 is 0 Å². The largest absolute Gasteiger partial charge is 0.496 e. The third-order valence-electron chi connectivity index (χ3n) is 3.99. The van der Waals surface area contributed by atoms with Crippen molar-refractivity contribution in [3.8, 4) is 11.5 Å². The normalized spacial score (nSPS) is 15.2. The summed E-state index contributed by atoms with van der Waals surface area (Å²) in [7, 11) is 3.25. The summed E-state index contributed by atoms with van der Waals surface area (Å²) in [6.07, 6.45) is 1.01. The number of morpholine rings is 1. The average molecular weight is 322 g/mol. The second-order valence-corrected chi connectivity index (χ2v) is 5.45. The van der Waals surface area contributed by atoms with Crippen LogP contribution in [0.5, 0.6) is 11.5 Å². The van der Waals surface area contributed by atoms with E-state index >= 15 is 0 Å². The highest BCUT2D eigenvalue weighted by Gasteiger charge is 2.13. The first-order valence-electron chi connectivity index (χ1n) is 8.01. The van der Waals surface area contributed by atoms with Gasteiger partial charge in [-0.3, -0.25) is 9.69 Å². The number of carbonyl (C=O) groups excluding carboxylic acids is 1. The summed E-state index contributed by atoms with van der Waals surface area (Å²) in [4.78, 5) is 14.3. The summed E-state index contributed by atoms with van der Waals surface area (Å²) in [5, 5.41) is 2.97. The van der Waals surface area contributed by atoms with Crippen LogP contribution in [0.2, 0.25) is 0 Å². The van der Waals surface area contributed by atoms with Crippen LogP contribution in [0.1, 0.15) is 12.0 Å². The molecule has 0 aromatic heterocycles. The van der Waals surface area contributed by atoms with Crippen LogP contribution < -0.4 is 14.8 Å². The number of rotatable bonds is 8. The predicted molar refractivity (Wildman–Crippen MR) is 88.1 cm³/mol. The van der Waals surface area contributed by atoms with E-state index in [1.807, 2.05) is 18.2 Å². The Morgan fingerprint density at radius 2 is 1.87 bits per heavy atom. The molecular formula is C17H26N2O4. The zero-order valence-corrected chi connectivity index (χ0v) is 14.0. The van der Waals surface area contributed by atoms with Gasteiger partial charge in [-0.1, -0.05) is 6.07 Å². The van der Waals surface area contributed by atoms with Crippen molar-refractivity contribution in [1.82, 2.24) is 10.2 Å². The second kappa shape index (κ2) is 9.37. The molecule has 1 amide bonds. The maximum absolute atomic E-state index is 12.0. The first kappa shape index (κ1) is 17.6. The fourth-order valence-corrected chi connectivity index (χ4v) is 2.68. The number of ether oxygens (including phenoxy) is 3. The van der Waals surface area contributed by atoms with E-state index in [1.54, 1.807) is 14.2 Å². The van der Waals surface area contributed by atoms with Crippen LogP contribution in [-0.4, -0.2) is 64.4 Å². The lowest BCUT2D eigenvalue weighted by Crippen LogP contribution is -2.41. The molecule has 23 heavy (non-hydrogen) atoms. The minimum absolute atomic E-state index is 0.0474. The molecule has 0 atom stereocenters. The first-order chi connectivity index (χ1) is 11.2. The fraction of sp³-hybridized carbons (Fsp3) is 0.588. The van der Waals surface area contributed by atoms with Gasteiger partial charge < -0.3 is 19.5 Å². The molecule has 0 radical (unpaired) electrons. The average Bonchev–Trinajstić information content (AvgIpc) is 2.60. The van der Waals surface area contributed by atoms with Gasteiger partial charge in [0, 0.05) is 38.2 Å². The van der Waals surface area contributed by atoms with Crippen molar-refractivity contribution < 1.29 is 19.0 Å². The molecule has 2 rings (SSSR count). The molecule has 1 aliphatic heterocycles. The fourth-order valence-electron chi connectivity index (χ4n) is 2.68. The van der Waals surface area contributed by atoms with Crippen LogP contribution >= 0.6 is 0 Å². The Bertz CT molecular complexity index is 479. The Labute approximate surface area is 137 Å². The minimum Gasteiger partial charge on any atom is -0.496 e. The van der Waals surface area contributed by atoms with Crippen molar-refractivity contribution >= 4 is 5.91 Å². The summed E-state index contributed by atoms with van der Waals surface area (Å²) in [5.74, 6) is 1.56. The van der Waals surface area contributed by atoms with Crippen LogP contribution in [0.25, 0.3) is 0 Å². The van der Waals surface area contributed by atoms with Gasteiger partial charge in [-0.2, -0.15) is 0 Å². The highest BCUT2D eigenvalue weighted by Crippen LogP contribution is 2.29. The number of benzene rings is 1. The van der Waals surface area contributed by atoms with E-state index in [4.69, 9.17) is 14.2 Å². The molecule has 6 heteroatoms. The van der Waals surface area contributed by atoms with E-state index in [0.29, 0.717) is 19.4 Å². The van der Waals surface area contributed by atoms with Gasteiger partial charge in [-0.05, 0) is 18.6 Å². The summed E-state index contributed by atoms with van der Waals surface area (Å²) in [6.45, 7) is 4.97. The van der Waals surface area contributed by atoms with Crippen molar-refractivity contribution in [3.05, 3.63) is 23.8 Å². The molecule has 0 bridgehead atoms. The SMILES string of the molecule is COc1cccc(OC)c1CCC(=O)NCCN1CCOCC1. The lowest BCUT2D eigenvalue weighted by atomic mass is 10.1. The summed E-state index contributed by atoms with van der Waals surface area (Å²) < 4.78 is 16.0. The molecular weight excluding hydrogens is 296 g/mol. The highest BCUT2D eigenvalue weighted by atomic mass is 16.5. The zero-order chi connectivity index (χ0) is 16.5. The first-order valence-corrected chi connectivity index (χ1v) is 8.01. The standard InChI is InChI=1S/C17H26N2O4/c1-21-15-4-3-5-16(22-2)14(15)6-7-17(20)18-8-9-19-10-12-23-13-11-19/h3-5H,6-13H2,1-2H3,(H,18,20). The molecule has 1 aliphatic rings. The van der Waals surface area contributed by atoms with E-state index in [1.165, 1.54) is 0 Å². The number of hydrogen-bond acceptors (Lipinski definition) is 5. The van der Waals surface area contributed by atoms with Crippen molar-refractivity contribution in [1.29, 1.82) is 0 Å². The molecule has 1 aromatic rings. The molecule has 1 heterocycles. The molecule has 6 nitrogen and oxygen atoms in total. The number of methoxy groups -OCH3 is 2. The third-order valence-corrected chi connectivity index (χ3v) is 3.99. The Morgan fingerprint density at radius 3 is 2.48 bits per heavy atom. The quantitative estimate of drug-likeness (QED) is 0.776. The lowest BCUT2D eigenvalue weighted by molar-refractivity contribution is -0.121. The number of amides is 1. The Hall–Kier alpha value is -1.79. The van der Waals surface area contributed by atoms with E-state index in [9.17, 15) is 4.79 Å². The molecule has 0 saturated carbocycles. The summed E-state index contributed by atoms with van der Waals surface area (Å²) in [6, 6.07) is 5.64. The second-order valence-electron chi connectivity index (χ2n) is 5.45. The maximum Gasteiger partial charge on any atom is 0.220 e. The monoisotopic (exact) mass is 322 g/mol. The zero-order valence-electron chi connectivity index (χ0n) is 14.0. The summed E-state index contributed by atoms with van der Waals surface area (Å²) >= 11 is 0. The Morgan fingerprint density at radius 1 is 1.22 bits per heavy atom. The third kappa shape index (κ3) is 5.41. The molecule has 0 aliphatic carbocycles. The molecule has 0 unspecified atom stereocenters. The molecule has 0 spiro atoms. The van der Waals surface area contributed by atoms with Gasteiger partial charge in [0.25, 0.3) is 0 Å². The minimum atomic E-state index is 0.0474. The van der Waals surface area contributed by atoms with Gasteiger partial charge in [-0.25, -0.2) is 0 Å². The number of carbonyl (C=O) groups is 1. The highest BCUT2D eigenvalue weighted by molar-refractivity contribution is 5.76. The van der Waals surface area contributed by atoms with Crippen molar-refractivity contribution in [2.24, 2.45) is 0 Å². The molecule has 1 fully saturated rings. The number of nitrogens with one attached hydrogen (secondary N) is 1. The van der Waals surface area contributed by atoms with Crippen LogP contribution in [0.3, 0.4) is 0 Å². The van der Waals surface area contributed by atoms with Crippen molar-refractivity contribution in [2.75, 3.05) is 53.6 Å². The molecule has 1 N–H and O–H groups in total. The molecule has 1 aromatic carbocycles. The van der Waals surface area contributed by atoms with Gasteiger partial charge in [-0.15, -0.1) is 0 Å². The van der Waals surface area contributed by atoms with E-state index in [0.717, 1.165) is 49.9 Å². The smallest absolute Gasteiger partial charge is 0.220 e. The predicted octanol–water partition coefficient (Wildman–Crippen LogP) is 1.08. The Kier molecular flexibility index (Phi) is 7.16. The Balaban J connectivity index is 1.75. The van der Waals surface area contributed by atoms with Gasteiger partial charge in [0.2, 0.25) is 5.91 Å². The van der Waals surface area contributed by atoms with Crippen molar-refractivity contribution in [2.45, 2.75) is 12.8 Å². The van der Waals surface area contributed by atoms with Crippen LogP contribution in [-0.2, 0) is 16.0 Å². The summed E-state index contributed by atoms with van der Waals surface area (Å²) in [5.41, 5.74) is 0.931. The molecule has 1 saturated heterocycles. The number of nitrogens with zero attached hydrogens (tertiary/aromatic N) is 1.